The molecule has 0 unspecified atom stereocenters. The van der Waals surface area contributed by atoms with Crippen LogP contribution in [0.1, 0.15) is 57.6 Å². The lowest BCUT2D eigenvalue weighted by molar-refractivity contribution is -0.504. The molecule has 2 fully saturated rings. The number of hydrogen-bond acceptors (Lipinski definition) is 8. The first kappa shape index (κ1) is 29.1. The van der Waals surface area contributed by atoms with Crippen molar-refractivity contribution in [2.75, 3.05) is 38.2 Å². The minimum absolute atomic E-state index is 0.0436. The molecule has 6 rings (SSSR count). The molecule has 3 aliphatic rings. The summed E-state index contributed by atoms with van der Waals surface area (Å²) in [6.45, 7) is 4.67. The van der Waals surface area contributed by atoms with Crippen molar-refractivity contribution in [3.05, 3.63) is 48.2 Å². The van der Waals surface area contributed by atoms with Crippen LogP contribution in [-0.4, -0.2) is 81.9 Å². The number of aromatic nitrogens is 4. The number of carbonyl (C=O) groups excluding carboxylic acids is 1. The van der Waals surface area contributed by atoms with Crippen molar-refractivity contribution in [2.45, 2.75) is 57.8 Å². The zero-order valence-corrected chi connectivity index (χ0v) is 24.4. The molecule has 1 saturated heterocycles. The lowest BCUT2D eigenvalue weighted by atomic mass is 9.89. The Morgan fingerprint density at radius 2 is 1.91 bits per heavy atom. The first-order valence-corrected chi connectivity index (χ1v) is 15.0. The normalized spacial score (nSPS) is 22.4. The van der Waals surface area contributed by atoms with E-state index in [9.17, 15) is 9.18 Å². The number of benzene rings is 1. The van der Waals surface area contributed by atoms with Gasteiger partial charge in [0.05, 0.1) is 42.3 Å². The van der Waals surface area contributed by atoms with Crippen LogP contribution < -0.4 is 10.6 Å². The predicted octanol–water partition coefficient (Wildman–Crippen LogP) is 4.10. The number of halogens is 1. The maximum absolute atomic E-state index is 13.8. The quantitative estimate of drug-likeness (QED) is 0.240. The molecule has 1 aromatic carbocycles. The molecule has 2 aromatic heterocycles. The average Bonchev–Trinajstić information content (AvgIpc) is 3.72. The van der Waals surface area contributed by atoms with E-state index >= 15 is 0 Å². The van der Waals surface area contributed by atoms with Gasteiger partial charge in [-0.15, -0.1) is 0 Å². The van der Waals surface area contributed by atoms with Gasteiger partial charge >= 0.3 is 0 Å². The van der Waals surface area contributed by atoms with Gasteiger partial charge in [0.25, 0.3) is 6.34 Å². The van der Waals surface area contributed by atoms with E-state index in [1.54, 1.807) is 24.4 Å². The van der Waals surface area contributed by atoms with Gasteiger partial charge in [-0.1, -0.05) is 24.3 Å². The van der Waals surface area contributed by atoms with Gasteiger partial charge in [-0.05, 0) is 50.1 Å². The third-order valence-corrected chi connectivity index (χ3v) is 8.13. The van der Waals surface area contributed by atoms with Gasteiger partial charge in [-0.25, -0.2) is 19.3 Å². The Hall–Kier alpha value is -4.03. The molecule has 0 radical (unpaired) electrons. The molecular formula is C31H38FN8O3+. The second kappa shape index (κ2) is 13.1. The SMILES string of the molecule is CC1(C(=O)NC2CCCCC2)COC(c2nc(-c3ccc(F)cc3)c(-c3ccnc(NCCC[N+]4=CN=CC4)n3)[nH]2)OC1. The van der Waals surface area contributed by atoms with Crippen molar-refractivity contribution in [3.63, 3.8) is 0 Å². The molecule has 1 saturated carbocycles. The number of nitrogens with one attached hydrogen (secondary N) is 3. The molecule has 0 atom stereocenters. The van der Waals surface area contributed by atoms with Crippen LogP contribution in [0, 0.1) is 11.2 Å². The van der Waals surface area contributed by atoms with Gasteiger partial charge in [-0.3, -0.25) is 9.37 Å². The Kier molecular flexibility index (Phi) is 8.85. The van der Waals surface area contributed by atoms with E-state index in [0.29, 0.717) is 41.0 Å². The molecule has 0 bridgehead atoms. The van der Waals surface area contributed by atoms with E-state index in [1.807, 2.05) is 19.5 Å². The second-order valence-corrected chi connectivity index (χ2v) is 11.7. The molecule has 2 aliphatic heterocycles. The van der Waals surface area contributed by atoms with Crippen molar-refractivity contribution in [1.82, 2.24) is 25.3 Å². The number of rotatable bonds is 10. The first-order chi connectivity index (χ1) is 21.0. The van der Waals surface area contributed by atoms with Crippen LogP contribution in [0.3, 0.4) is 0 Å². The van der Waals surface area contributed by atoms with Crippen LogP contribution in [0.2, 0.25) is 0 Å². The fourth-order valence-corrected chi connectivity index (χ4v) is 5.56. The number of nitrogens with zero attached hydrogens (tertiary/aromatic N) is 5. The van der Waals surface area contributed by atoms with Crippen LogP contribution >= 0.6 is 0 Å². The van der Waals surface area contributed by atoms with Gasteiger partial charge in [0, 0.05) is 30.8 Å². The smallest absolute Gasteiger partial charge is 0.281 e. The minimum atomic E-state index is -0.797. The van der Waals surface area contributed by atoms with Crippen LogP contribution in [0.5, 0.6) is 0 Å². The van der Waals surface area contributed by atoms with Gasteiger partial charge in [0.2, 0.25) is 18.1 Å². The van der Waals surface area contributed by atoms with Gasteiger partial charge < -0.3 is 25.1 Å². The van der Waals surface area contributed by atoms with Crippen LogP contribution in [0.4, 0.5) is 10.3 Å². The summed E-state index contributed by atoms with van der Waals surface area (Å²) in [5, 5.41) is 6.49. The summed E-state index contributed by atoms with van der Waals surface area (Å²) in [4.78, 5) is 34.5. The van der Waals surface area contributed by atoms with Gasteiger partial charge in [0.1, 0.15) is 12.4 Å². The highest BCUT2D eigenvalue weighted by atomic mass is 19.1. The summed E-state index contributed by atoms with van der Waals surface area (Å²) in [5.74, 6) is 0.557. The fourth-order valence-electron chi connectivity index (χ4n) is 5.56. The lowest BCUT2D eigenvalue weighted by Gasteiger charge is -2.37. The lowest BCUT2D eigenvalue weighted by Crippen LogP contribution is -2.51. The minimum Gasteiger partial charge on any atom is -0.354 e. The van der Waals surface area contributed by atoms with Gasteiger partial charge in [0.15, 0.2) is 12.0 Å². The Balaban J connectivity index is 1.17. The number of aliphatic imine (C=N–C) groups is 1. The van der Waals surface area contributed by atoms with E-state index in [0.717, 1.165) is 45.2 Å². The Bertz CT molecular complexity index is 1470. The molecule has 43 heavy (non-hydrogen) atoms. The monoisotopic (exact) mass is 589 g/mol. The van der Waals surface area contributed by atoms with Crippen molar-refractivity contribution in [1.29, 1.82) is 0 Å². The predicted molar refractivity (Wildman–Crippen MR) is 160 cm³/mol. The summed E-state index contributed by atoms with van der Waals surface area (Å²) >= 11 is 0. The zero-order chi connectivity index (χ0) is 29.6. The van der Waals surface area contributed by atoms with Crippen molar-refractivity contribution >= 4 is 24.4 Å². The number of imidazole rings is 1. The average molecular weight is 590 g/mol. The van der Waals surface area contributed by atoms with Crippen molar-refractivity contribution in [2.24, 2.45) is 10.4 Å². The summed E-state index contributed by atoms with van der Waals surface area (Å²) in [6.07, 6.45) is 11.1. The Labute approximate surface area is 250 Å². The van der Waals surface area contributed by atoms with Crippen LogP contribution in [0.15, 0.2) is 41.5 Å². The number of H-pyrrole nitrogens is 1. The second-order valence-electron chi connectivity index (χ2n) is 11.7. The highest BCUT2D eigenvalue weighted by Crippen LogP contribution is 2.36. The fraction of sp³-hybridized carbons (Fsp3) is 0.484. The molecule has 0 spiro atoms. The van der Waals surface area contributed by atoms with Gasteiger partial charge in [-0.2, -0.15) is 0 Å². The standard InChI is InChI=1S/C31H37FN8O3/c1-31(29(41)36-23-6-3-2-4-7-23)18-42-28(43-19-31)27-38-25(21-8-10-22(32)11-9-21)26(39-27)24-12-14-35-30(37-24)34-13-5-16-40-17-15-33-20-40/h8-12,14-15,20,23,28H,2-7,13,16-19H2,1H3,(H2-,34,35,36,37,38,39,41)/p+1. The molecule has 3 aromatic rings. The van der Waals surface area contributed by atoms with E-state index in [4.69, 9.17) is 19.4 Å². The number of carbonyl (C=O) groups is 1. The highest BCUT2D eigenvalue weighted by Gasteiger charge is 2.41. The Morgan fingerprint density at radius 1 is 1.12 bits per heavy atom. The maximum atomic E-state index is 13.8. The first-order valence-electron chi connectivity index (χ1n) is 15.0. The molecule has 12 heteroatoms. The van der Waals surface area contributed by atoms with Crippen molar-refractivity contribution < 1.29 is 23.2 Å². The summed E-state index contributed by atoms with van der Waals surface area (Å²) in [7, 11) is 0. The molecule has 11 nitrogen and oxygen atoms in total. The molecule has 4 heterocycles. The number of hydrogen-bond donors (Lipinski definition) is 3. The molecule has 3 N–H and O–H groups in total. The number of anilines is 1. The number of amides is 1. The van der Waals surface area contributed by atoms with Crippen LogP contribution in [-0.2, 0) is 14.3 Å². The van der Waals surface area contributed by atoms with E-state index in [-0.39, 0.29) is 31.0 Å². The third kappa shape index (κ3) is 6.97. The largest absolute Gasteiger partial charge is 0.354 e. The topological polar surface area (TPSA) is 129 Å². The summed E-state index contributed by atoms with van der Waals surface area (Å²) in [6, 6.07) is 8.15. The van der Waals surface area contributed by atoms with E-state index in [2.05, 4.69) is 30.2 Å². The number of aromatic amines is 1. The van der Waals surface area contributed by atoms with E-state index in [1.165, 1.54) is 18.6 Å². The number of ether oxygens (including phenoxy) is 2. The Morgan fingerprint density at radius 3 is 2.65 bits per heavy atom. The van der Waals surface area contributed by atoms with Crippen molar-refractivity contribution in [3.8, 4) is 22.6 Å². The molecule has 226 valence electrons. The van der Waals surface area contributed by atoms with E-state index < -0.39 is 11.7 Å². The van der Waals surface area contributed by atoms with Crippen LogP contribution in [0.25, 0.3) is 22.6 Å². The molecule has 1 amide bonds. The molecular weight excluding hydrogens is 551 g/mol. The maximum Gasteiger partial charge on any atom is 0.281 e. The highest BCUT2D eigenvalue weighted by molar-refractivity contribution is 5.83. The molecule has 1 aliphatic carbocycles. The summed E-state index contributed by atoms with van der Waals surface area (Å²) in [5.41, 5.74) is 1.75. The zero-order valence-electron chi connectivity index (χ0n) is 24.4. The third-order valence-electron chi connectivity index (χ3n) is 8.13. The summed E-state index contributed by atoms with van der Waals surface area (Å²) < 4.78 is 28.1.